The van der Waals surface area contributed by atoms with Crippen LogP contribution in [0, 0.1) is 15.9 Å². The molecule has 0 bridgehead atoms. The molecular weight excluding hydrogens is 319 g/mol. The van der Waals surface area contributed by atoms with Gasteiger partial charge in [0.1, 0.15) is 5.52 Å². The molecule has 3 aromatic rings. The molecule has 0 amide bonds. The van der Waals surface area contributed by atoms with E-state index in [0.717, 1.165) is 12.1 Å². The van der Waals surface area contributed by atoms with Crippen molar-refractivity contribution in [1.29, 1.82) is 0 Å². The summed E-state index contributed by atoms with van der Waals surface area (Å²) in [5.74, 6) is -1.21. The van der Waals surface area contributed by atoms with E-state index in [1.54, 1.807) is 18.2 Å². The third-order valence-corrected chi connectivity index (χ3v) is 3.42. The van der Waals surface area contributed by atoms with Gasteiger partial charge in [0, 0.05) is 11.6 Å². The molecule has 2 aromatic carbocycles. The second-order valence-corrected chi connectivity index (χ2v) is 5.00. The topological polar surface area (TPSA) is 95.5 Å². The fraction of sp³-hybridized carbons (Fsp3) is 0.125. The summed E-state index contributed by atoms with van der Waals surface area (Å²) in [5.41, 5.74) is 1.31. The lowest BCUT2D eigenvalue weighted by Crippen LogP contribution is -2.04. The normalized spacial score (nSPS) is 10.8. The van der Waals surface area contributed by atoms with Crippen LogP contribution < -0.4 is 0 Å². The number of nitrogens with zero attached hydrogens (tertiary/aromatic N) is 2. The van der Waals surface area contributed by atoms with Crippen LogP contribution in [-0.2, 0) is 16.0 Å². The van der Waals surface area contributed by atoms with E-state index < -0.39 is 16.4 Å². The lowest BCUT2D eigenvalue weighted by molar-refractivity contribution is -0.387. The summed E-state index contributed by atoms with van der Waals surface area (Å²) in [4.78, 5) is 25.4. The molecule has 7 nitrogen and oxygen atoms in total. The Kier molecular flexibility index (Phi) is 3.95. The number of esters is 1. The maximum Gasteiger partial charge on any atom is 0.309 e. The molecule has 0 fully saturated rings. The second-order valence-electron chi connectivity index (χ2n) is 5.00. The molecule has 0 N–H and O–H groups in total. The zero-order valence-corrected chi connectivity index (χ0v) is 12.5. The minimum Gasteiger partial charge on any atom is -0.469 e. The number of benzene rings is 2. The quantitative estimate of drug-likeness (QED) is 0.414. The number of aromatic nitrogens is 1. The number of halogens is 1. The van der Waals surface area contributed by atoms with E-state index in [-0.39, 0.29) is 23.8 Å². The summed E-state index contributed by atoms with van der Waals surface area (Å²) in [6.07, 6.45) is 0.0980. The molecule has 0 aliphatic heterocycles. The molecule has 24 heavy (non-hydrogen) atoms. The number of fused-ring (bicyclic) bond motifs is 1. The zero-order valence-electron chi connectivity index (χ0n) is 12.5. The predicted octanol–water partition coefficient (Wildman–Crippen LogP) is 3.26. The van der Waals surface area contributed by atoms with Gasteiger partial charge in [-0.15, -0.1) is 0 Å². The van der Waals surface area contributed by atoms with Crippen molar-refractivity contribution in [1.82, 2.24) is 4.98 Å². The summed E-state index contributed by atoms with van der Waals surface area (Å²) >= 11 is 0. The summed E-state index contributed by atoms with van der Waals surface area (Å²) in [5, 5.41) is 10.6. The van der Waals surface area contributed by atoms with E-state index in [4.69, 9.17) is 4.42 Å². The third-order valence-electron chi connectivity index (χ3n) is 3.42. The minimum atomic E-state index is -0.967. The number of carbonyl (C=O) groups excluding carboxylic acids is 1. The molecular formula is C16H11FN2O5. The molecule has 0 atom stereocenters. The van der Waals surface area contributed by atoms with Gasteiger partial charge in [-0.25, -0.2) is 4.98 Å². The first kappa shape index (κ1) is 15.6. The highest BCUT2D eigenvalue weighted by Gasteiger charge is 2.17. The van der Waals surface area contributed by atoms with E-state index >= 15 is 0 Å². The van der Waals surface area contributed by atoms with Crippen molar-refractivity contribution < 1.29 is 23.3 Å². The number of hydrogen-bond acceptors (Lipinski definition) is 6. The molecule has 0 aliphatic rings. The molecule has 3 rings (SSSR count). The number of nitro groups is 1. The first-order valence-electron chi connectivity index (χ1n) is 6.88. The summed E-state index contributed by atoms with van der Waals surface area (Å²) < 4.78 is 23.9. The van der Waals surface area contributed by atoms with Gasteiger partial charge in [0.25, 0.3) is 0 Å². The molecule has 0 unspecified atom stereocenters. The van der Waals surface area contributed by atoms with Crippen molar-refractivity contribution in [3.8, 4) is 11.5 Å². The Morgan fingerprint density at radius 1 is 1.33 bits per heavy atom. The number of rotatable bonds is 4. The molecule has 1 heterocycles. The zero-order chi connectivity index (χ0) is 17.3. The van der Waals surface area contributed by atoms with Crippen LogP contribution in [0.15, 0.2) is 40.8 Å². The maximum atomic E-state index is 13.7. The van der Waals surface area contributed by atoms with Gasteiger partial charge in [-0.3, -0.25) is 14.9 Å². The van der Waals surface area contributed by atoms with E-state index in [9.17, 15) is 19.3 Å². The van der Waals surface area contributed by atoms with Crippen LogP contribution in [0.5, 0.6) is 0 Å². The summed E-state index contributed by atoms with van der Waals surface area (Å²) in [7, 11) is 1.30. The van der Waals surface area contributed by atoms with Gasteiger partial charge in [-0.1, -0.05) is 6.07 Å². The van der Waals surface area contributed by atoms with E-state index in [1.807, 2.05) is 0 Å². The van der Waals surface area contributed by atoms with Crippen LogP contribution in [-0.4, -0.2) is 23.0 Å². The number of ether oxygens (including phenoxy) is 1. The highest BCUT2D eigenvalue weighted by Crippen LogP contribution is 2.28. The van der Waals surface area contributed by atoms with E-state index in [0.29, 0.717) is 16.7 Å². The fourth-order valence-corrected chi connectivity index (χ4v) is 2.23. The summed E-state index contributed by atoms with van der Waals surface area (Å²) in [6, 6.07) is 8.43. The smallest absolute Gasteiger partial charge is 0.309 e. The van der Waals surface area contributed by atoms with E-state index in [1.165, 1.54) is 13.2 Å². The highest BCUT2D eigenvalue weighted by molar-refractivity contribution is 5.79. The van der Waals surface area contributed by atoms with E-state index in [2.05, 4.69) is 9.72 Å². The molecule has 0 spiro atoms. The standard InChI is InChI=1S/C16H11FN2O5/c1-23-15(20)7-9-2-5-14-12(6-9)18-16(24-14)10-3-4-13(19(21)22)11(17)8-10/h2-6,8H,7H2,1H3. The fourth-order valence-electron chi connectivity index (χ4n) is 2.23. The molecule has 0 aliphatic carbocycles. The Hall–Kier alpha value is -3.29. The van der Waals surface area contributed by atoms with Crippen LogP contribution in [0.2, 0.25) is 0 Å². The Morgan fingerprint density at radius 2 is 2.12 bits per heavy atom. The van der Waals surface area contributed by atoms with Crippen LogP contribution in [0.1, 0.15) is 5.56 Å². The molecule has 0 saturated carbocycles. The molecule has 1 aromatic heterocycles. The van der Waals surface area contributed by atoms with Crippen molar-refractivity contribution in [2.45, 2.75) is 6.42 Å². The minimum absolute atomic E-state index is 0.0980. The molecule has 122 valence electrons. The van der Waals surface area contributed by atoms with Crippen LogP contribution in [0.3, 0.4) is 0 Å². The van der Waals surface area contributed by atoms with Crippen LogP contribution in [0.4, 0.5) is 10.1 Å². The number of carbonyl (C=O) groups is 1. The second kappa shape index (κ2) is 6.07. The molecule has 0 radical (unpaired) electrons. The number of nitro benzene ring substituents is 1. The van der Waals surface area contributed by atoms with Crippen LogP contribution >= 0.6 is 0 Å². The SMILES string of the molecule is COC(=O)Cc1ccc2oc(-c3ccc([N+](=O)[O-])c(F)c3)nc2c1. The van der Waals surface area contributed by atoms with Crippen molar-refractivity contribution in [2.75, 3.05) is 7.11 Å². The largest absolute Gasteiger partial charge is 0.469 e. The van der Waals surface area contributed by atoms with Gasteiger partial charge in [0.15, 0.2) is 5.58 Å². The Balaban J connectivity index is 1.97. The van der Waals surface area contributed by atoms with Crippen molar-refractivity contribution in [3.63, 3.8) is 0 Å². The predicted molar refractivity (Wildman–Crippen MR) is 81.8 cm³/mol. The molecule has 8 heteroatoms. The third kappa shape index (κ3) is 2.94. The van der Waals surface area contributed by atoms with Gasteiger partial charge in [0.05, 0.1) is 18.5 Å². The van der Waals surface area contributed by atoms with Crippen molar-refractivity contribution in [3.05, 3.63) is 57.9 Å². The highest BCUT2D eigenvalue weighted by atomic mass is 19.1. The first-order valence-corrected chi connectivity index (χ1v) is 6.88. The Bertz CT molecular complexity index is 951. The number of hydrogen-bond donors (Lipinski definition) is 0. The number of oxazole rings is 1. The van der Waals surface area contributed by atoms with Gasteiger partial charge in [-0.05, 0) is 29.8 Å². The van der Waals surface area contributed by atoms with Gasteiger partial charge in [0.2, 0.25) is 11.7 Å². The van der Waals surface area contributed by atoms with Gasteiger partial charge in [-0.2, -0.15) is 4.39 Å². The average Bonchev–Trinajstić information content (AvgIpc) is 2.97. The van der Waals surface area contributed by atoms with Crippen molar-refractivity contribution >= 4 is 22.8 Å². The van der Waals surface area contributed by atoms with Gasteiger partial charge >= 0.3 is 11.7 Å². The lowest BCUT2D eigenvalue weighted by atomic mass is 10.1. The lowest BCUT2D eigenvalue weighted by Gasteiger charge is -1.98. The first-order chi connectivity index (χ1) is 11.5. The summed E-state index contributed by atoms with van der Waals surface area (Å²) in [6.45, 7) is 0. The van der Waals surface area contributed by atoms with Gasteiger partial charge < -0.3 is 9.15 Å². The van der Waals surface area contributed by atoms with Crippen LogP contribution in [0.25, 0.3) is 22.6 Å². The average molecular weight is 330 g/mol. The molecule has 0 saturated heterocycles. The maximum absolute atomic E-state index is 13.7. The number of methoxy groups -OCH3 is 1. The van der Waals surface area contributed by atoms with Crippen molar-refractivity contribution in [2.24, 2.45) is 0 Å². The Morgan fingerprint density at radius 3 is 2.79 bits per heavy atom. The monoisotopic (exact) mass is 330 g/mol. The Labute approximate surface area is 134 Å².